The Hall–Kier alpha value is -0.610. The Morgan fingerprint density at radius 3 is 2.73 bits per heavy atom. The van der Waals surface area contributed by atoms with Gasteiger partial charge in [0.15, 0.2) is 0 Å². The summed E-state index contributed by atoms with van der Waals surface area (Å²) in [6, 6.07) is 0. The zero-order valence-corrected chi connectivity index (χ0v) is 9.67. The first kappa shape index (κ1) is 12.5. The van der Waals surface area contributed by atoms with Crippen molar-refractivity contribution < 1.29 is 14.3 Å². The normalized spacial score (nSPS) is 19.9. The van der Waals surface area contributed by atoms with Crippen LogP contribution in [0.4, 0.5) is 0 Å². The molecule has 88 valence electrons. The van der Waals surface area contributed by atoms with Crippen LogP contribution >= 0.6 is 0 Å². The van der Waals surface area contributed by atoms with E-state index in [9.17, 15) is 4.79 Å². The van der Waals surface area contributed by atoms with E-state index in [4.69, 9.17) is 4.74 Å². The summed E-state index contributed by atoms with van der Waals surface area (Å²) in [5.74, 6) is -0.131. The second-order valence-electron chi connectivity index (χ2n) is 4.28. The van der Waals surface area contributed by atoms with E-state index in [1.165, 1.54) is 7.11 Å². The maximum atomic E-state index is 10.9. The van der Waals surface area contributed by atoms with Crippen LogP contribution in [-0.4, -0.2) is 38.4 Å². The summed E-state index contributed by atoms with van der Waals surface area (Å²) >= 11 is 0. The Morgan fingerprint density at radius 2 is 2.13 bits per heavy atom. The minimum absolute atomic E-state index is 0.131. The number of carbonyl (C=O) groups is 1. The van der Waals surface area contributed by atoms with Crippen molar-refractivity contribution in [2.75, 3.05) is 26.9 Å². The third-order valence-corrected chi connectivity index (χ3v) is 2.93. The number of ether oxygens (including phenoxy) is 2. The minimum atomic E-state index is -0.131. The molecule has 0 unspecified atom stereocenters. The number of hydrogen-bond acceptors (Lipinski definition) is 4. The molecule has 4 heteroatoms. The molecule has 0 atom stereocenters. The summed E-state index contributed by atoms with van der Waals surface area (Å²) in [5.41, 5.74) is 0.189. The number of methoxy groups -OCH3 is 1. The Morgan fingerprint density at radius 1 is 1.47 bits per heavy atom. The fraction of sp³-hybridized carbons (Fsp3) is 0.909. The number of hydrogen-bond donors (Lipinski definition) is 1. The van der Waals surface area contributed by atoms with Gasteiger partial charge < -0.3 is 14.8 Å². The van der Waals surface area contributed by atoms with Gasteiger partial charge in [-0.05, 0) is 32.7 Å². The van der Waals surface area contributed by atoms with E-state index in [2.05, 4.69) is 17.0 Å². The highest BCUT2D eigenvalue weighted by molar-refractivity contribution is 5.69. The molecule has 1 aliphatic heterocycles. The molecule has 0 spiro atoms. The van der Waals surface area contributed by atoms with Crippen LogP contribution in [0.15, 0.2) is 0 Å². The number of esters is 1. The molecule has 1 saturated heterocycles. The molecule has 0 aromatic heterocycles. The van der Waals surface area contributed by atoms with Crippen molar-refractivity contribution in [1.29, 1.82) is 0 Å². The maximum absolute atomic E-state index is 10.9. The largest absolute Gasteiger partial charge is 0.469 e. The van der Waals surface area contributed by atoms with Crippen LogP contribution < -0.4 is 5.32 Å². The van der Waals surface area contributed by atoms with Gasteiger partial charge in [0, 0.05) is 25.2 Å². The van der Waals surface area contributed by atoms with E-state index in [0.29, 0.717) is 6.42 Å². The summed E-state index contributed by atoms with van der Waals surface area (Å²) in [7, 11) is 1.43. The molecule has 1 fully saturated rings. The standard InChI is InChI=1S/C11H21NO3/c1-11(5-8-15-9-6-11)12-7-3-4-10(13)14-2/h12H,3-9H2,1-2H3. The third-order valence-electron chi connectivity index (χ3n) is 2.93. The lowest BCUT2D eigenvalue weighted by atomic mass is 9.92. The molecule has 0 aromatic carbocycles. The Labute approximate surface area is 91.3 Å². The zero-order chi connectivity index (χ0) is 11.1. The van der Waals surface area contributed by atoms with E-state index in [1.54, 1.807) is 0 Å². The quantitative estimate of drug-likeness (QED) is 0.551. The molecule has 1 aliphatic rings. The van der Waals surface area contributed by atoms with Crippen LogP contribution in [0.3, 0.4) is 0 Å². The lowest BCUT2D eigenvalue weighted by molar-refractivity contribution is -0.140. The number of nitrogens with one attached hydrogen (secondary N) is 1. The highest BCUT2D eigenvalue weighted by Gasteiger charge is 2.25. The molecule has 0 amide bonds. The third kappa shape index (κ3) is 4.62. The van der Waals surface area contributed by atoms with Gasteiger partial charge in [-0.1, -0.05) is 0 Å². The van der Waals surface area contributed by atoms with E-state index in [1.807, 2.05) is 0 Å². The maximum Gasteiger partial charge on any atom is 0.305 e. The summed E-state index contributed by atoms with van der Waals surface area (Å²) < 4.78 is 9.89. The van der Waals surface area contributed by atoms with Gasteiger partial charge in [-0.3, -0.25) is 4.79 Å². The first-order valence-electron chi connectivity index (χ1n) is 5.56. The first-order valence-corrected chi connectivity index (χ1v) is 5.56. The van der Waals surface area contributed by atoms with Crippen LogP contribution in [0.2, 0.25) is 0 Å². The monoisotopic (exact) mass is 215 g/mol. The average molecular weight is 215 g/mol. The first-order chi connectivity index (χ1) is 7.16. The molecule has 0 aromatic rings. The molecule has 0 radical (unpaired) electrons. The van der Waals surface area contributed by atoms with Crippen molar-refractivity contribution in [3.8, 4) is 0 Å². The predicted molar refractivity (Wildman–Crippen MR) is 57.7 cm³/mol. The smallest absolute Gasteiger partial charge is 0.305 e. The van der Waals surface area contributed by atoms with Crippen molar-refractivity contribution >= 4 is 5.97 Å². The van der Waals surface area contributed by atoms with Crippen LogP contribution in [-0.2, 0) is 14.3 Å². The van der Waals surface area contributed by atoms with Crippen molar-refractivity contribution in [3.05, 3.63) is 0 Å². The van der Waals surface area contributed by atoms with Gasteiger partial charge in [0.05, 0.1) is 7.11 Å². The van der Waals surface area contributed by atoms with Gasteiger partial charge >= 0.3 is 5.97 Å². The lowest BCUT2D eigenvalue weighted by Gasteiger charge is -2.34. The van der Waals surface area contributed by atoms with Crippen LogP contribution in [0.1, 0.15) is 32.6 Å². The van der Waals surface area contributed by atoms with E-state index >= 15 is 0 Å². The topological polar surface area (TPSA) is 47.6 Å². The minimum Gasteiger partial charge on any atom is -0.469 e. The van der Waals surface area contributed by atoms with Crippen molar-refractivity contribution in [3.63, 3.8) is 0 Å². The molecule has 15 heavy (non-hydrogen) atoms. The fourth-order valence-electron chi connectivity index (χ4n) is 1.72. The molecule has 1 rings (SSSR count). The second kappa shape index (κ2) is 6.08. The highest BCUT2D eigenvalue weighted by atomic mass is 16.5. The van der Waals surface area contributed by atoms with Crippen molar-refractivity contribution in [1.82, 2.24) is 5.32 Å². The molecule has 0 saturated carbocycles. The molecule has 0 bridgehead atoms. The predicted octanol–water partition coefficient (Wildman–Crippen LogP) is 1.10. The Kier molecular flexibility index (Phi) is 5.05. The lowest BCUT2D eigenvalue weighted by Crippen LogP contribution is -2.47. The molecular formula is C11H21NO3. The summed E-state index contributed by atoms with van der Waals surface area (Å²) in [6.07, 6.45) is 3.43. The van der Waals surface area contributed by atoms with Crippen molar-refractivity contribution in [2.45, 2.75) is 38.1 Å². The van der Waals surface area contributed by atoms with Crippen LogP contribution in [0.25, 0.3) is 0 Å². The Balaban J connectivity index is 2.10. The number of rotatable bonds is 5. The average Bonchev–Trinajstić information content (AvgIpc) is 2.25. The van der Waals surface area contributed by atoms with Gasteiger partial charge in [0.25, 0.3) is 0 Å². The van der Waals surface area contributed by atoms with Crippen LogP contribution in [0, 0.1) is 0 Å². The molecular weight excluding hydrogens is 194 g/mol. The SMILES string of the molecule is COC(=O)CCCNC1(C)CCOCC1. The highest BCUT2D eigenvalue weighted by Crippen LogP contribution is 2.19. The van der Waals surface area contributed by atoms with Gasteiger partial charge in [-0.2, -0.15) is 0 Å². The molecule has 1 N–H and O–H groups in total. The summed E-state index contributed by atoms with van der Waals surface area (Å²) in [4.78, 5) is 10.9. The van der Waals surface area contributed by atoms with Gasteiger partial charge in [-0.25, -0.2) is 0 Å². The van der Waals surface area contributed by atoms with Crippen LogP contribution in [0.5, 0.6) is 0 Å². The van der Waals surface area contributed by atoms with E-state index < -0.39 is 0 Å². The van der Waals surface area contributed by atoms with E-state index in [-0.39, 0.29) is 11.5 Å². The molecule has 4 nitrogen and oxygen atoms in total. The summed E-state index contributed by atoms with van der Waals surface area (Å²) in [5, 5.41) is 3.49. The number of carbonyl (C=O) groups excluding carboxylic acids is 1. The molecule has 1 heterocycles. The Bertz CT molecular complexity index is 200. The zero-order valence-electron chi connectivity index (χ0n) is 9.67. The van der Waals surface area contributed by atoms with Gasteiger partial charge in [0.2, 0.25) is 0 Å². The summed E-state index contributed by atoms with van der Waals surface area (Å²) in [6.45, 7) is 4.75. The van der Waals surface area contributed by atoms with Gasteiger partial charge in [-0.15, -0.1) is 0 Å². The molecule has 0 aliphatic carbocycles. The fourth-order valence-corrected chi connectivity index (χ4v) is 1.72. The second-order valence-corrected chi connectivity index (χ2v) is 4.28. The van der Waals surface area contributed by atoms with Crippen molar-refractivity contribution in [2.24, 2.45) is 0 Å². The van der Waals surface area contributed by atoms with Gasteiger partial charge in [0.1, 0.15) is 0 Å². The van der Waals surface area contributed by atoms with E-state index in [0.717, 1.165) is 39.0 Å².